The maximum atomic E-state index is 5.31. The number of aromatic amines is 1. The summed E-state index contributed by atoms with van der Waals surface area (Å²) in [6.45, 7) is 2.19. The quantitative estimate of drug-likeness (QED) is 0.690. The zero-order valence-corrected chi connectivity index (χ0v) is 12.2. The van der Waals surface area contributed by atoms with Crippen LogP contribution in [0.15, 0.2) is 48.5 Å². The summed E-state index contributed by atoms with van der Waals surface area (Å²) < 4.78 is 0.689. The summed E-state index contributed by atoms with van der Waals surface area (Å²) in [5.74, 6) is 0. The molecule has 0 spiro atoms. The number of H-pyrrole nitrogens is 1. The average Bonchev–Trinajstić information content (AvgIpc) is 2.49. The van der Waals surface area contributed by atoms with Gasteiger partial charge < -0.3 is 0 Å². The van der Waals surface area contributed by atoms with E-state index in [0.717, 1.165) is 34.9 Å². The van der Waals surface area contributed by atoms with E-state index in [0.29, 0.717) is 4.64 Å². The molecule has 100 valence electrons. The second-order valence-electron chi connectivity index (χ2n) is 4.90. The Bertz CT molecular complexity index is 805. The number of hydrogen-bond donors (Lipinski definition) is 1. The predicted octanol–water partition coefficient (Wildman–Crippen LogP) is 4.91. The lowest BCUT2D eigenvalue weighted by atomic mass is 10.0. The average molecular weight is 280 g/mol. The molecule has 3 heteroatoms. The third kappa shape index (κ3) is 2.37. The molecule has 0 aliphatic heterocycles. The number of aryl methyl sites for hydroxylation is 1. The van der Waals surface area contributed by atoms with Crippen molar-refractivity contribution in [2.75, 3.05) is 0 Å². The SMILES string of the molecule is CCCc1cccc(-c2n[nH]c(=S)c3ccccc23)c1. The number of hydrogen-bond acceptors (Lipinski definition) is 2. The van der Waals surface area contributed by atoms with Gasteiger partial charge >= 0.3 is 0 Å². The molecule has 0 radical (unpaired) electrons. The summed E-state index contributed by atoms with van der Waals surface area (Å²) in [7, 11) is 0. The minimum Gasteiger partial charge on any atom is -0.267 e. The molecule has 0 aliphatic carbocycles. The minimum absolute atomic E-state index is 0.689. The molecule has 0 amide bonds. The smallest absolute Gasteiger partial charge is 0.127 e. The molecule has 2 aromatic carbocycles. The predicted molar refractivity (Wildman–Crippen MR) is 86.4 cm³/mol. The zero-order chi connectivity index (χ0) is 13.9. The van der Waals surface area contributed by atoms with Crippen LogP contribution in [-0.2, 0) is 6.42 Å². The van der Waals surface area contributed by atoms with Gasteiger partial charge in [-0.25, -0.2) is 0 Å². The van der Waals surface area contributed by atoms with Crippen LogP contribution in [0.4, 0.5) is 0 Å². The highest BCUT2D eigenvalue weighted by atomic mass is 32.1. The van der Waals surface area contributed by atoms with Crippen molar-refractivity contribution in [3.63, 3.8) is 0 Å². The molecule has 0 fully saturated rings. The van der Waals surface area contributed by atoms with E-state index < -0.39 is 0 Å². The standard InChI is InChI=1S/C17H16N2S/c1-2-6-12-7-5-8-13(11-12)16-14-9-3-4-10-15(14)17(20)19-18-16/h3-5,7-11H,2,6H2,1H3,(H,19,20). The van der Waals surface area contributed by atoms with Gasteiger partial charge in [-0.3, -0.25) is 5.10 Å². The Morgan fingerprint density at radius 2 is 1.85 bits per heavy atom. The van der Waals surface area contributed by atoms with Crippen LogP contribution in [0.3, 0.4) is 0 Å². The van der Waals surface area contributed by atoms with Gasteiger partial charge in [0.1, 0.15) is 4.64 Å². The van der Waals surface area contributed by atoms with Gasteiger partial charge in [0.2, 0.25) is 0 Å². The first kappa shape index (κ1) is 13.0. The van der Waals surface area contributed by atoms with Crippen LogP contribution in [0.2, 0.25) is 0 Å². The van der Waals surface area contributed by atoms with Crippen LogP contribution in [0.5, 0.6) is 0 Å². The van der Waals surface area contributed by atoms with Crippen LogP contribution < -0.4 is 0 Å². The van der Waals surface area contributed by atoms with E-state index in [2.05, 4.69) is 47.5 Å². The molecular formula is C17H16N2S. The van der Waals surface area contributed by atoms with Gasteiger partial charge in [0.25, 0.3) is 0 Å². The minimum atomic E-state index is 0.689. The lowest BCUT2D eigenvalue weighted by molar-refractivity contribution is 0.922. The van der Waals surface area contributed by atoms with E-state index in [1.54, 1.807) is 0 Å². The number of nitrogens with zero attached hydrogens (tertiary/aromatic N) is 1. The van der Waals surface area contributed by atoms with Gasteiger partial charge in [-0.1, -0.05) is 68.0 Å². The molecule has 1 heterocycles. The molecule has 20 heavy (non-hydrogen) atoms. The van der Waals surface area contributed by atoms with Crippen LogP contribution in [0.25, 0.3) is 22.0 Å². The molecule has 0 atom stereocenters. The molecule has 0 aliphatic rings. The monoisotopic (exact) mass is 280 g/mol. The molecule has 3 aromatic rings. The summed E-state index contributed by atoms with van der Waals surface area (Å²) in [6.07, 6.45) is 2.24. The fourth-order valence-electron chi connectivity index (χ4n) is 2.50. The molecule has 0 saturated carbocycles. The highest BCUT2D eigenvalue weighted by molar-refractivity contribution is 7.71. The highest BCUT2D eigenvalue weighted by Gasteiger charge is 2.07. The van der Waals surface area contributed by atoms with Crippen LogP contribution in [0, 0.1) is 4.64 Å². The maximum Gasteiger partial charge on any atom is 0.127 e. The van der Waals surface area contributed by atoms with Crippen molar-refractivity contribution in [1.82, 2.24) is 10.2 Å². The van der Waals surface area contributed by atoms with Crippen molar-refractivity contribution in [2.24, 2.45) is 0 Å². The Labute approximate surface area is 123 Å². The number of rotatable bonds is 3. The Kier molecular flexibility index (Phi) is 3.61. The lowest BCUT2D eigenvalue weighted by Crippen LogP contribution is -1.92. The van der Waals surface area contributed by atoms with E-state index in [1.807, 2.05) is 18.2 Å². The molecule has 1 N–H and O–H groups in total. The topological polar surface area (TPSA) is 28.7 Å². The van der Waals surface area contributed by atoms with Crippen molar-refractivity contribution >= 4 is 23.0 Å². The highest BCUT2D eigenvalue weighted by Crippen LogP contribution is 2.27. The molecule has 3 rings (SSSR count). The van der Waals surface area contributed by atoms with E-state index in [4.69, 9.17) is 12.2 Å². The molecule has 1 aromatic heterocycles. The summed E-state index contributed by atoms with van der Waals surface area (Å²) in [4.78, 5) is 0. The second kappa shape index (κ2) is 5.55. The molecular weight excluding hydrogens is 264 g/mol. The Morgan fingerprint density at radius 3 is 2.65 bits per heavy atom. The van der Waals surface area contributed by atoms with Gasteiger partial charge in [-0.05, 0) is 18.1 Å². The van der Waals surface area contributed by atoms with Crippen molar-refractivity contribution in [2.45, 2.75) is 19.8 Å². The largest absolute Gasteiger partial charge is 0.267 e. The van der Waals surface area contributed by atoms with E-state index in [1.165, 1.54) is 5.56 Å². The first-order valence-electron chi connectivity index (χ1n) is 6.86. The van der Waals surface area contributed by atoms with Crippen LogP contribution >= 0.6 is 12.2 Å². The molecule has 0 saturated heterocycles. The van der Waals surface area contributed by atoms with E-state index >= 15 is 0 Å². The lowest BCUT2D eigenvalue weighted by Gasteiger charge is -2.07. The summed E-state index contributed by atoms with van der Waals surface area (Å²) in [5, 5.41) is 9.56. The molecule has 0 bridgehead atoms. The Balaban J connectivity index is 2.22. The zero-order valence-electron chi connectivity index (χ0n) is 11.4. The third-order valence-electron chi connectivity index (χ3n) is 3.44. The Morgan fingerprint density at radius 1 is 1.05 bits per heavy atom. The van der Waals surface area contributed by atoms with E-state index in [-0.39, 0.29) is 0 Å². The fraction of sp³-hybridized carbons (Fsp3) is 0.176. The first-order valence-corrected chi connectivity index (χ1v) is 7.27. The number of fused-ring (bicyclic) bond motifs is 1. The fourth-order valence-corrected chi connectivity index (χ4v) is 2.72. The van der Waals surface area contributed by atoms with Crippen molar-refractivity contribution in [3.05, 3.63) is 58.7 Å². The van der Waals surface area contributed by atoms with E-state index in [9.17, 15) is 0 Å². The number of aromatic nitrogens is 2. The third-order valence-corrected chi connectivity index (χ3v) is 3.75. The number of benzene rings is 2. The van der Waals surface area contributed by atoms with Gasteiger partial charge in [0.05, 0.1) is 5.69 Å². The van der Waals surface area contributed by atoms with Crippen LogP contribution in [-0.4, -0.2) is 10.2 Å². The maximum absolute atomic E-state index is 5.31. The van der Waals surface area contributed by atoms with Crippen molar-refractivity contribution in [3.8, 4) is 11.3 Å². The van der Waals surface area contributed by atoms with Crippen molar-refractivity contribution in [1.29, 1.82) is 0 Å². The van der Waals surface area contributed by atoms with Gasteiger partial charge in [-0.2, -0.15) is 5.10 Å². The molecule has 0 unspecified atom stereocenters. The summed E-state index contributed by atoms with van der Waals surface area (Å²) in [5.41, 5.74) is 3.45. The second-order valence-corrected chi connectivity index (χ2v) is 5.31. The van der Waals surface area contributed by atoms with Gasteiger partial charge in [0.15, 0.2) is 0 Å². The normalized spacial score (nSPS) is 10.8. The Hall–Kier alpha value is -2.00. The van der Waals surface area contributed by atoms with Gasteiger partial charge in [-0.15, -0.1) is 0 Å². The van der Waals surface area contributed by atoms with Crippen LogP contribution in [0.1, 0.15) is 18.9 Å². The van der Waals surface area contributed by atoms with Gasteiger partial charge in [0, 0.05) is 16.3 Å². The summed E-state index contributed by atoms with van der Waals surface area (Å²) in [6, 6.07) is 16.7. The first-order chi connectivity index (χ1) is 9.79. The molecule has 2 nitrogen and oxygen atoms in total. The number of nitrogens with one attached hydrogen (secondary N) is 1. The summed E-state index contributed by atoms with van der Waals surface area (Å²) >= 11 is 5.31. The van der Waals surface area contributed by atoms with Crippen molar-refractivity contribution < 1.29 is 0 Å².